The molecule has 5 heteroatoms. The van der Waals surface area contributed by atoms with Gasteiger partial charge in [0.2, 0.25) is 0 Å². The minimum Gasteiger partial charge on any atom is -0.366 e. The summed E-state index contributed by atoms with van der Waals surface area (Å²) >= 11 is 12.1. The molecule has 3 rings (SSSR count). The summed E-state index contributed by atoms with van der Waals surface area (Å²) < 4.78 is 0. The van der Waals surface area contributed by atoms with Crippen LogP contribution in [0.3, 0.4) is 0 Å². The van der Waals surface area contributed by atoms with Gasteiger partial charge in [-0.2, -0.15) is 0 Å². The minimum atomic E-state index is 0.485. The molecule has 1 saturated carbocycles. The van der Waals surface area contributed by atoms with Crippen LogP contribution in [0.25, 0.3) is 0 Å². The van der Waals surface area contributed by atoms with Crippen molar-refractivity contribution in [1.29, 1.82) is 0 Å². The molecule has 98 valence electrons. The van der Waals surface area contributed by atoms with Gasteiger partial charge < -0.3 is 5.32 Å². The highest BCUT2D eigenvalue weighted by atomic mass is 35.5. The Labute approximate surface area is 122 Å². The number of nitrogens with zero attached hydrogens (tertiary/aromatic N) is 2. The molecule has 1 aromatic carbocycles. The Hall–Kier alpha value is -1.32. The van der Waals surface area contributed by atoms with Crippen molar-refractivity contribution in [3.63, 3.8) is 0 Å². The average Bonchev–Trinajstić information content (AvgIpc) is 3.21. The summed E-state index contributed by atoms with van der Waals surface area (Å²) in [7, 11) is 0. The number of halogens is 2. The average molecular weight is 294 g/mol. The molecule has 0 unspecified atom stereocenters. The van der Waals surface area contributed by atoms with E-state index in [9.17, 15) is 0 Å². The molecule has 1 heterocycles. The zero-order valence-corrected chi connectivity index (χ0v) is 11.7. The van der Waals surface area contributed by atoms with Gasteiger partial charge in [-0.3, -0.25) is 0 Å². The van der Waals surface area contributed by atoms with Gasteiger partial charge >= 0.3 is 0 Å². The van der Waals surface area contributed by atoms with Crippen molar-refractivity contribution >= 4 is 29.0 Å². The van der Waals surface area contributed by atoms with E-state index < -0.39 is 0 Å². The lowest BCUT2D eigenvalue weighted by Gasteiger charge is -2.08. The van der Waals surface area contributed by atoms with Crippen LogP contribution < -0.4 is 5.32 Å². The first kappa shape index (κ1) is 12.7. The van der Waals surface area contributed by atoms with E-state index in [4.69, 9.17) is 23.2 Å². The molecule has 1 fully saturated rings. The summed E-state index contributed by atoms with van der Waals surface area (Å²) in [5.74, 6) is 2.08. The van der Waals surface area contributed by atoms with Crippen LogP contribution in [0, 0.1) is 0 Å². The fourth-order valence-corrected chi connectivity index (χ4v) is 2.27. The molecule has 3 nitrogen and oxygen atoms in total. The molecule has 0 spiro atoms. The van der Waals surface area contributed by atoms with E-state index in [1.807, 2.05) is 24.3 Å². The van der Waals surface area contributed by atoms with Crippen LogP contribution in [0.2, 0.25) is 10.2 Å². The predicted molar refractivity (Wildman–Crippen MR) is 77.8 cm³/mol. The van der Waals surface area contributed by atoms with E-state index in [1.54, 1.807) is 6.07 Å². The zero-order chi connectivity index (χ0) is 13.2. The molecule has 0 aliphatic heterocycles. The summed E-state index contributed by atoms with van der Waals surface area (Å²) in [5.41, 5.74) is 1.03. The number of rotatable bonds is 4. The van der Waals surface area contributed by atoms with E-state index in [-0.39, 0.29) is 0 Å². The summed E-state index contributed by atoms with van der Waals surface area (Å²) in [6.07, 6.45) is 2.31. The van der Waals surface area contributed by atoms with E-state index >= 15 is 0 Å². The van der Waals surface area contributed by atoms with Gasteiger partial charge in [0.25, 0.3) is 0 Å². The lowest BCUT2D eigenvalue weighted by atomic mass is 10.2. The molecule has 0 atom stereocenters. The molecule has 0 saturated heterocycles. The van der Waals surface area contributed by atoms with Gasteiger partial charge in [0.05, 0.1) is 0 Å². The molecule has 0 bridgehead atoms. The minimum absolute atomic E-state index is 0.485. The maximum absolute atomic E-state index is 6.11. The third-order valence-electron chi connectivity index (χ3n) is 3.07. The van der Waals surface area contributed by atoms with E-state index in [2.05, 4.69) is 15.3 Å². The monoisotopic (exact) mass is 293 g/mol. The van der Waals surface area contributed by atoms with E-state index in [0.29, 0.717) is 17.6 Å². The highest BCUT2D eigenvalue weighted by Gasteiger charge is 2.27. The number of hydrogen-bond donors (Lipinski definition) is 1. The van der Waals surface area contributed by atoms with Crippen LogP contribution in [0.5, 0.6) is 0 Å². The molecule has 0 amide bonds. The van der Waals surface area contributed by atoms with Crippen molar-refractivity contribution in [2.24, 2.45) is 0 Å². The molecule has 1 aliphatic rings. The summed E-state index contributed by atoms with van der Waals surface area (Å²) in [5, 5.41) is 4.48. The Balaban J connectivity index is 1.74. The normalized spacial score (nSPS) is 14.4. The number of benzene rings is 1. The van der Waals surface area contributed by atoms with Gasteiger partial charge in [0.15, 0.2) is 0 Å². The lowest BCUT2D eigenvalue weighted by Crippen LogP contribution is -2.04. The number of anilines is 1. The Bertz CT molecular complexity index is 597. The third kappa shape index (κ3) is 3.17. The van der Waals surface area contributed by atoms with E-state index in [0.717, 1.165) is 35.1 Å². The van der Waals surface area contributed by atoms with Crippen LogP contribution in [-0.4, -0.2) is 9.97 Å². The van der Waals surface area contributed by atoms with Gasteiger partial charge in [-0.15, -0.1) is 0 Å². The fourth-order valence-electron chi connectivity index (χ4n) is 1.88. The van der Waals surface area contributed by atoms with Crippen molar-refractivity contribution in [1.82, 2.24) is 9.97 Å². The van der Waals surface area contributed by atoms with Crippen LogP contribution >= 0.6 is 23.2 Å². The highest BCUT2D eigenvalue weighted by Crippen LogP contribution is 2.38. The van der Waals surface area contributed by atoms with Gasteiger partial charge in [-0.1, -0.05) is 41.4 Å². The smallest absolute Gasteiger partial charge is 0.135 e. The first-order chi connectivity index (χ1) is 9.22. The largest absolute Gasteiger partial charge is 0.366 e. The van der Waals surface area contributed by atoms with Gasteiger partial charge in [-0.25, -0.2) is 9.97 Å². The molecule has 0 radical (unpaired) electrons. The van der Waals surface area contributed by atoms with Crippen molar-refractivity contribution in [3.05, 3.63) is 51.9 Å². The second-order valence-electron chi connectivity index (χ2n) is 4.65. The number of nitrogens with one attached hydrogen (secondary N) is 1. The third-order valence-corrected chi connectivity index (χ3v) is 3.63. The van der Waals surface area contributed by atoms with Crippen molar-refractivity contribution < 1.29 is 0 Å². The number of hydrogen-bond acceptors (Lipinski definition) is 3. The fraction of sp³-hybridized carbons (Fsp3) is 0.286. The Morgan fingerprint density at radius 3 is 2.68 bits per heavy atom. The summed E-state index contributed by atoms with van der Waals surface area (Å²) in [6.45, 7) is 0.622. The maximum atomic E-state index is 6.11. The molecule has 1 aromatic heterocycles. The number of aromatic nitrogens is 2. The first-order valence-electron chi connectivity index (χ1n) is 6.24. The van der Waals surface area contributed by atoms with Crippen molar-refractivity contribution in [2.75, 3.05) is 5.32 Å². The van der Waals surface area contributed by atoms with Gasteiger partial charge in [-0.05, 0) is 24.5 Å². The van der Waals surface area contributed by atoms with Crippen LogP contribution in [0.1, 0.15) is 30.1 Å². The molecule has 19 heavy (non-hydrogen) atoms. The second kappa shape index (κ2) is 5.35. The first-order valence-corrected chi connectivity index (χ1v) is 7.00. The highest BCUT2D eigenvalue weighted by molar-refractivity contribution is 6.31. The van der Waals surface area contributed by atoms with Crippen LogP contribution in [0.4, 0.5) is 5.82 Å². The molecule has 1 aliphatic carbocycles. The molecular formula is C14H13Cl2N3. The van der Waals surface area contributed by atoms with Crippen molar-refractivity contribution in [3.8, 4) is 0 Å². The lowest BCUT2D eigenvalue weighted by molar-refractivity contribution is 0.921. The summed E-state index contributed by atoms with van der Waals surface area (Å²) in [4.78, 5) is 8.75. The van der Waals surface area contributed by atoms with Gasteiger partial charge in [0.1, 0.15) is 16.8 Å². The van der Waals surface area contributed by atoms with Crippen LogP contribution in [0.15, 0.2) is 30.3 Å². The maximum Gasteiger partial charge on any atom is 0.135 e. The Morgan fingerprint density at radius 2 is 1.95 bits per heavy atom. The Morgan fingerprint density at radius 1 is 1.16 bits per heavy atom. The quantitative estimate of drug-likeness (QED) is 0.856. The Kier molecular flexibility index (Phi) is 3.58. The predicted octanol–water partition coefficient (Wildman–Crippen LogP) is 4.27. The topological polar surface area (TPSA) is 37.8 Å². The molecule has 1 N–H and O–H groups in total. The van der Waals surface area contributed by atoms with Crippen LogP contribution in [-0.2, 0) is 6.54 Å². The zero-order valence-electron chi connectivity index (χ0n) is 10.2. The summed E-state index contributed by atoms with van der Waals surface area (Å²) in [6, 6.07) is 9.48. The van der Waals surface area contributed by atoms with E-state index in [1.165, 1.54) is 0 Å². The standard InChI is InChI=1S/C14H13Cl2N3/c15-11-4-2-1-3-10(11)8-17-13-7-12(16)18-14(19-13)9-5-6-9/h1-4,7,9H,5-6,8H2,(H,17,18,19). The molecular weight excluding hydrogens is 281 g/mol. The van der Waals surface area contributed by atoms with Crippen molar-refractivity contribution in [2.45, 2.75) is 25.3 Å². The molecule has 2 aromatic rings. The second-order valence-corrected chi connectivity index (χ2v) is 5.45. The van der Waals surface area contributed by atoms with Gasteiger partial charge in [0, 0.05) is 23.6 Å². The SMILES string of the molecule is Clc1cc(NCc2ccccc2Cl)nc(C2CC2)n1.